The summed E-state index contributed by atoms with van der Waals surface area (Å²) in [5.74, 6) is -0.388. The molecule has 17 heavy (non-hydrogen) atoms. The molecule has 0 radical (unpaired) electrons. The van der Waals surface area contributed by atoms with E-state index in [4.69, 9.17) is 11.6 Å². The largest absolute Gasteiger partial charge is 0.352 e. The highest BCUT2D eigenvalue weighted by atomic mass is 79.9. The summed E-state index contributed by atoms with van der Waals surface area (Å²) in [7, 11) is 0. The predicted molar refractivity (Wildman–Crippen MR) is 74.3 cm³/mol. The van der Waals surface area contributed by atoms with Crippen LogP contribution < -0.4 is 5.32 Å². The van der Waals surface area contributed by atoms with Crippen LogP contribution in [0.2, 0.25) is 5.02 Å². The zero-order chi connectivity index (χ0) is 12.4. The van der Waals surface area contributed by atoms with Crippen molar-refractivity contribution in [1.29, 1.82) is 0 Å². The monoisotopic (exact) mass is 378 g/mol. The minimum absolute atomic E-state index is 0.306. The van der Waals surface area contributed by atoms with Gasteiger partial charge in [-0.2, -0.15) is 0 Å². The molecule has 2 aromatic rings. The molecule has 1 aromatic heterocycles. The third-order valence-electron chi connectivity index (χ3n) is 2.04. The Kier molecular flexibility index (Phi) is 4.01. The maximum Gasteiger partial charge on any atom is 0.125 e. The minimum atomic E-state index is -0.388. The van der Waals surface area contributed by atoms with Crippen molar-refractivity contribution in [2.24, 2.45) is 0 Å². The van der Waals surface area contributed by atoms with Crippen LogP contribution in [0.4, 0.5) is 15.8 Å². The van der Waals surface area contributed by atoms with Crippen LogP contribution in [0.1, 0.15) is 0 Å². The molecular weight excluding hydrogens is 374 g/mol. The topological polar surface area (TPSA) is 24.9 Å². The fourth-order valence-corrected chi connectivity index (χ4v) is 2.52. The minimum Gasteiger partial charge on any atom is -0.352 e. The van der Waals surface area contributed by atoms with Gasteiger partial charge in [0, 0.05) is 16.9 Å². The van der Waals surface area contributed by atoms with E-state index >= 15 is 0 Å². The standard InChI is InChI=1S/C11H6Br2ClFN2/c12-7-3-6(15)4-9(14)11(7)17-10-1-2-16-5-8(10)13/h1-5H,(H,16,17). The van der Waals surface area contributed by atoms with Gasteiger partial charge in [-0.15, -0.1) is 0 Å². The smallest absolute Gasteiger partial charge is 0.125 e. The first-order valence-corrected chi connectivity index (χ1v) is 6.55. The first kappa shape index (κ1) is 12.8. The van der Waals surface area contributed by atoms with E-state index < -0.39 is 0 Å². The van der Waals surface area contributed by atoms with Gasteiger partial charge in [0.2, 0.25) is 0 Å². The molecule has 0 spiro atoms. The van der Waals surface area contributed by atoms with Crippen molar-refractivity contribution in [3.63, 3.8) is 0 Å². The molecular formula is C11H6Br2ClFN2. The van der Waals surface area contributed by atoms with Gasteiger partial charge < -0.3 is 5.32 Å². The van der Waals surface area contributed by atoms with E-state index in [0.717, 1.165) is 10.2 Å². The Labute approximate surface area is 119 Å². The SMILES string of the molecule is Fc1cc(Cl)c(Nc2ccncc2Br)c(Br)c1. The van der Waals surface area contributed by atoms with Gasteiger partial charge in [0.25, 0.3) is 0 Å². The molecule has 1 aromatic carbocycles. The van der Waals surface area contributed by atoms with Crippen molar-refractivity contribution >= 4 is 54.8 Å². The van der Waals surface area contributed by atoms with Crippen LogP contribution in [-0.4, -0.2) is 4.98 Å². The fraction of sp³-hybridized carbons (Fsp3) is 0. The second-order valence-electron chi connectivity index (χ2n) is 3.22. The molecule has 1 heterocycles. The molecule has 1 N–H and O–H groups in total. The summed E-state index contributed by atoms with van der Waals surface area (Å²) in [6, 6.07) is 4.39. The summed E-state index contributed by atoms with van der Waals surface area (Å²) in [4.78, 5) is 3.95. The maximum absolute atomic E-state index is 13.1. The molecule has 6 heteroatoms. The Balaban J connectivity index is 2.40. The number of anilines is 2. The average Bonchev–Trinajstić information content (AvgIpc) is 2.25. The van der Waals surface area contributed by atoms with E-state index in [1.807, 2.05) is 0 Å². The summed E-state index contributed by atoms with van der Waals surface area (Å²) in [6.45, 7) is 0. The number of hydrogen-bond acceptors (Lipinski definition) is 2. The summed E-state index contributed by atoms with van der Waals surface area (Å²) in [5, 5.41) is 3.41. The second kappa shape index (κ2) is 5.33. The Morgan fingerprint density at radius 1 is 1.24 bits per heavy atom. The summed E-state index contributed by atoms with van der Waals surface area (Å²) >= 11 is 12.6. The fourth-order valence-electron chi connectivity index (χ4n) is 1.27. The number of halogens is 4. The van der Waals surface area contributed by atoms with E-state index in [1.54, 1.807) is 18.5 Å². The predicted octanol–water partition coefficient (Wildman–Crippen LogP) is 5.14. The number of aromatic nitrogens is 1. The molecule has 0 saturated heterocycles. The molecule has 0 bridgehead atoms. The lowest BCUT2D eigenvalue weighted by molar-refractivity contribution is 0.627. The Morgan fingerprint density at radius 2 is 2.00 bits per heavy atom. The van der Waals surface area contributed by atoms with Gasteiger partial charge in [-0.1, -0.05) is 11.6 Å². The summed E-state index contributed by atoms with van der Waals surface area (Å²) < 4.78 is 14.4. The van der Waals surface area contributed by atoms with E-state index in [0.29, 0.717) is 15.2 Å². The number of pyridine rings is 1. The molecule has 2 nitrogen and oxygen atoms in total. The number of benzene rings is 1. The number of nitrogens with zero attached hydrogens (tertiary/aromatic N) is 1. The molecule has 88 valence electrons. The van der Waals surface area contributed by atoms with Crippen molar-refractivity contribution < 1.29 is 4.39 Å². The van der Waals surface area contributed by atoms with Gasteiger partial charge in [0.1, 0.15) is 5.82 Å². The van der Waals surface area contributed by atoms with E-state index in [9.17, 15) is 4.39 Å². The number of rotatable bonds is 2. The van der Waals surface area contributed by atoms with E-state index in [1.165, 1.54) is 12.1 Å². The molecule has 0 aliphatic heterocycles. The third kappa shape index (κ3) is 2.97. The molecule has 0 fully saturated rings. The Hall–Kier alpha value is -0.650. The Bertz CT molecular complexity index is 540. The van der Waals surface area contributed by atoms with Crippen LogP contribution in [0.25, 0.3) is 0 Å². The number of hydrogen-bond donors (Lipinski definition) is 1. The molecule has 0 aliphatic carbocycles. The molecule has 0 unspecified atom stereocenters. The molecule has 0 amide bonds. The average molecular weight is 380 g/mol. The zero-order valence-electron chi connectivity index (χ0n) is 8.35. The maximum atomic E-state index is 13.1. The summed E-state index contributed by atoms with van der Waals surface area (Å²) in [6.07, 6.45) is 3.31. The second-order valence-corrected chi connectivity index (χ2v) is 5.34. The van der Waals surface area contributed by atoms with E-state index in [-0.39, 0.29) is 5.82 Å². The molecule has 0 atom stereocenters. The van der Waals surface area contributed by atoms with Crippen molar-refractivity contribution in [3.05, 3.63) is 50.4 Å². The molecule has 2 rings (SSSR count). The molecule has 0 aliphatic rings. The first-order chi connectivity index (χ1) is 8.08. The Morgan fingerprint density at radius 3 is 2.65 bits per heavy atom. The van der Waals surface area contributed by atoms with Crippen LogP contribution in [0.3, 0.4) is 0 Å². The molecule has 0 saturated carbocycles. The lowest BCUT2D eigenvalue weighted by Gasteiger charge is -2.11. The highest BCUT2D eigenvalue weighted by Crippen LogP contribution is 2.35. The van der Waals surface area contributed by atoms with Crippen LogP contribution in [0, 0.1) is 5.82 Å². The lowest BCUT2D eigenvalue weighted by atomic mass is 10.3. The van der Waals surface area contributed by atoms with Gasteiger partial charge in [0.05, 0.1) is 20.9 Å². The van der Waals surface area contributed by atoms with Crippen molar-refractivity contribution in [1.82, 2.24) is 4.98 Å². The first-order valence-electron chi connectivity index (χ1n) is 4.59. The zero-order valence-corrected chi connectivity index (χ0v) is 12.3. The van der Waals surface area contributed by atoms with Gasteiger partial charge in [-0.25, -0.2) is 4.39 Å². The van der Waals surface area contributed by atoms with Crippen molar-refractivity contribution in [2.75, 3.05) is 5.32 Å². The third-order valence-corrected chi connectivity index (χ3v) is 3.59. The number of nitrogens with one attached hydrogen (secondary N) is 1. The van der Waals surface area contributed by atoms with Gasteiger partial charge in [-0.3, -0.25) is 4.98 Å². The van der Waals surface area contributed by atoms with Crippen LogP contribution in [0.5, 0.6) is 0 Å². The van der Waals surface area contributed by atoms with Gasteiger partial charge >= 0.3 is 0 Å². The van der Waals surface area contributed by atoms with Gasteiger partial charge in [-0.05, 0) is 50.1 Å². The van der Waals surface area contributed by atoms with Crippen LogP contribution in [0.15, 0.2) is 39.5 Å². The van der Waals surface area contributed by atoms with Gasteiger partial charge in [0.15, 0.2) is 0 Å². The van der Waals surface area contributed by atoms with Crippen molar-refractivity contribution in [2.45, 2.75) is 0 Å². The van der Waals surface area contributed by atoms with Crippen LogP contribution >= 0.6 is 43.5 Å². The lowest BCUT2D eigenvalue weighted by Crippen LogP contribution is -1.94. The van der Waals surface area contributed by atoms with E-state index in [2.05, 4.69) is 42.2 Å². The summed E-state index contributed by atoms with van der Waals surface area (Å²) in [5.41, 5.74) is 1.41. The van der Waals surface area contributed by atoms with Crippen LogP contribution in [-0.2, 0) is 0 Å². The van der Waals surface area contributed by atoms with Crippen molar-refractivity contribution in [3.8, 4) is 0 Å². The quantitative estimate of drug-likeness (QED) is 0.780. The highest BCUT2D eigenvalue weighted by Gasteiger charge is 2.09. The highest BCUT2D eigenvalue weighted by molar-refractivity contribution is 9.11. The normalized spacial score (nSPS) is 10.4.